The number of amides is 1. The third kappa shape index (κ3) is 4.36. The van der Waals surface area contributed by atoms with Crippen molar-refractivity contribution in [3.8, 4) is 0 Å². The Morgan fingerprint density at radius 2 is 1.83 bits per heavy atom. The molecule has 0 spiro atoms. The third-order valence-corrected chi connectivity index (χ3v) is 7.30. The van der Waals surface area contributed by atoms with E-state index < -0.39 is 21.7 Å². The van der Waals surface area contributed by atoms with Gasteiger partial charge in [0.1, 0.15) is 0 Å². The molecule has 0 saturated heterocycles. The van der Waals surface area contributed by atoms with Gasteiger partial charge in [0.2, 0.25) is 0 Å². The van der Waals surface area contributed by atoms with E-state index in [0.717, 1.165) is 10.2 Å². The zero-order valence-corrected chi connectivity index (χ0v) is 18.5. The van der Waals surface area contributed by atoms with E-state index in [1.165, 1.54) is 29.5 Å². The highest BCUT2D eigenvalue weighted by molar-refractivity contribution is 7.91. The van der Waals surface area contributed by atoms with Crippen LogP contribution in [0, 0.1) is 0 Å². The summed E-state index contributed by atoms with van der Waals surface area (Å²) in [4.78, 5) is 29.5. The number of rotatable bonds is 6. The van der Waals surface area contributed by atoms with Gasteiger partial charge in [0.15, 0.2) is 14.6 Å². The fraction of sp³-hybridized carbons (Fsp3) is 0.286. The van der Waals surface area contributed by atoms with Crippen molar-refractivity contribution >= 4 is 43.3 Å². The normalized spacial score (nSPS) is 12.3. The first-order valence-electron chi connectivity index (χ1n) is 9.53. The van der Waals surface area contributed by atoms with Crippen LogP contribution in [0.4, 0.5) is 0 Å². The minimum Gasteiger partial charge on any atom is -0.462 e. The van der Waals surface area contributed by atoms with Crippen LogP contribution in [-0.4, -0.2) is 37.2 Å². The molecule has 0 unspecified atom stereocenters. The zero-order valence-electron chi connectivity index (χ0n) is 16.9. The van der Waals surface area contributed by atoms with Crippen LogP contribution in [0.5, 0.6) is 0 Å². The molecule has 158 valence electrons. The predicted octanol–water partition coefficient (Wildman–Crippen LogP) is 3.43. The highest BCUT2D eigenvalue weighted by atomic mass is 32.2. The Bertz CT molecular complexity index is 1290. The number of carbonyl (C=O) groups is 2. The maximum absolute atomic E-state index is 12.7. The van der Waals surface area contributed by atoms with E-state index >= 15 is 0 Å². The molecule has 0 N–H and O–H groups in total. The zero-order chi connectivity index (χ0) is 21.9. The SMILES string of the molecule is CCOC(=O)c1ccc2c(c1)sc(=NC(=O)c1cccc(S(=O)(=O)CC)c1)n2CC. The molecule has 1 aromatic heterocycles. The van der Waals surface area contributed by atoms with Crippen LogP contribution in [0.3, 0.4) is 0 Å². The fourth-order valence-corrected chi connectivity index (χ4v) is 5.00. The van der Waals surface area contributed by atoms with Gasteiger partial charge >= 0.3 is 5.97 Å². The van der Waals surface area contributed by atoms with E-state index in [-0.39, 0.29) is 22.8 Å². The molecule has 0 fully saturated rings. The number of carbonyl (C=O) groups excluding carboxylic acids is 2. The van der Waals surface area contributed by atoms with E-state index in [1.54, 1.807) is 38.1 Å². The Balaban J connectivity index is 2.06. The van der Waals surface area contributed by atoms with Gasteiger partial charge in [-0.1, -0.05) is 24.3 Å². The molecule has 7 nitrogen and oxygen atoms in total. The molecule has 0 bridgehead atoms. The van der Waals surface area contributed by atoms with Crippen LogP contribution in [-0.2, 0) is 21.1 Å². The van der Waals surface area contributed by atoms with E-state index in [4.69, 9.17) is 4.74 Å². The van der Waals surface area contributed by atoms with E-state index in [2.05, 4.69) is 4.99 Å². The maximum atomic E-state index is 12.7. The number of hydrogen-bond acceptors (Lipinski definition) is 6. The second-order valence-corrected chi connectivity index (χ2v) is 9.67. The average Bonchev–Trinajstić information content (AvgIpc) is 3.09. The highest BCUT2D eigenvalue weighted by Crippen LogP contribution is 2.20. The Morgan fingerprint density at radius 1 is 1.07 bits per heavy atom. The first kappa shape index (κ1) is 21.9. The predicted molar refractivity (Wildman–Crippen MR) is 116 cm³/mol. The number of nitrogens with zero attached hydrogens (tertiary/aromatic N) is 2. The van der Waals surface area contributed by atoms with Crippen molar-refractivity contribution in [1.29, 1.82) is 0 Å². The topological polar surface area (TPSA) is 94.8 Å². The summed E-state index contributed by atoms with van der Waals surface area (Å²) in [6, 6.07) is 11.1. The fourth-order valence-electron chi connectivity index (χ4n) is 2.95. The number of aromatic nitrogens is 1. The summed E-state index contributed by atoms with van der Waals surface area (Å²) in [5.41, 5.74) is 1.49. The van der Waals surface area contributed by atoms with Crippen molar-refractivity contribution in [2.24, 2.45) is 4.99 Å². The van der Waals surface area contributed by atoms with Crippen molar-refractivity contribution in [1.82, 2.24) is 4.57 Å². The van der Waals surface area contributed by atoms with Gasteiger partial charge in [-0.3, -0.25) is 4.79 Å². The van der Waals surface area contributed by atoms with Crippen LogP contribution < -0.4 is 4.80 Å². The van der Waals surface area contributed by atoms with Gasteiger partial charge in [-0.15, -0.1) is 0 Å². The van der Waals surface area contributed by atoms with E-state index in [1.807, 2.05) is 11.5 Å². The largest absolute Gasteiger partial charge is 0.462 e. The molecule has 3 aromatic rings. The van der Waals surface area contributed by atoms with Crippen LogP contribution in [0.1, 0.15) is 41.5 Å². The Morgan fingerprint density at radius 3 is 2.50 bits per heavy atom. The van der Waals surface area contributed by atoms with Crippen molar-refractivity contribution in [3.63, 3.8) is 0 Å². The Labute approximate surface area is 178 Å². The first-order valence-corrected chi connectivity index (χ1v) is 12.0. The molecule has 0 aliphatic rings. The summed E-state index contributed by atoms with van der Waals surface area (Å²) in [6.45, 7) is 6.10. The van der Waals surface area contributed by atoms with Gasteiger partial charge in [-0.05, 0) is 50.2 Å². The summed E-state index contributed by atoms with van der Waals surface area (Å²) in [5.74, 6) is -0.974. The molecule has 0 aliphatic heterocycles. The number of esters is 1. The van der Waals surface area contributed by atoms with Gasteiger partial charge in [0.05, 0.1) is 33.0 Å². The van der Waals surface area contributed by atoms with Crippen molar-refractivity contribution < 1.29 is 22.7 Å². The molecular formula is C21H22N2O5S2. The molecular weight excluding hydrogens is 424 g/mol. The van der Waals surface area contributed by atoms with Crippen LogP contribution in [0.2, 0.25) is 0 Å². The molecule has 1 amide bonds. The Kier molecular flexibility index (Phi) is 6.52. The third-order valence-electron chi connectivity index (χ3n) is 4.53. The summed E-state index contributed by atoms with van der Waals surface area (Å²) < 4.78 is 31.9. The summed E-state index contributed by atoms with van der Waals surface area (Å²) in [5, 5.41) is 0. The van der Waals surface area contributed by atoms with Crippen LogP contribution in [0.15, 0.2) is 52.4 Å². The van der Waals surface area contributed by atoms with Gasteiger partial charge in [-0.25, -0.2) is 13.2 Å². The number of thiazole rings is 1. The number of ether oxygens (including phenoxy) is 1. The van der Waals surface area contributed by atoms with Crippen LogP contribution >= 0.6 is 11.3 Å². The van der Waals surface area contributed by atoms with Gasteiger partial charge in [-0.2, -0.15) is 4.99 Å². The molecule has 30 heavy (non-hydrogen) atoms. The second kappa shape index (κ2) is 8.93. The summed E-state index contributed by atoms with van der Waals surface area (Å²) in [7, 11) is -3.42. The number of benzene rings is 2. The van der Waals surface area contributed by atoms with Crippen LogP contribution in [0.25, 0.3) is 10.2 Å². The summed E-state index contributed by atoms with van der Waals surface area (Å²) in [6.07, 6.45) is 0. The smallest absolute Gasteiger partial charge is 0.338 e. The maximum Gasteiger partial charge on any atom is 0.338 e. The van der Waals surface area contributed by atoms with Crippen molar-refractivity contribution in [2.75, 3.05) is 12.4 Å². The van der Waals surface area contributed by atoms with Gasteiger partial charge < -0.3 is 9.30 Å². The number of fused-ring (bicyclic) bond motifs is 1. The van der Waals surface area contributed by atoms with E-state index in [0.29, 0.717) is 16.9 Å². The molecule has 0 atom stereocenters. The molecule has 1 heterocycles. The van der Waals surface area contributed by atoms with E-state index in [9.17, 15) is 18.0 Å². The minimum atomic E-state index is -3.42. The Hall–Kier alpha value is -2.78. The lowest BCUT2D eigenvalue weighted by atomic mass is 10.2. The number of hydrogen-bond donors (Lipinski definition) is 0. The number of sulfone groups is 1. The lowest BCUT2D eigenvalue weighted by Crippen LogP contribution is -2.16. The lowest BCUT2D eigenvalue weighted by molar-refractivity contribution is 0.0526. The lowest BCUT2D eigenvalue weighted by Gasteiger charge is -2.04. The number of aryl methyl sites for hydroxylation is 1. The monoisotopic (exact) mass is 446 g/mol. The molecule has 0 aliphatic carbocycles. The first-order chi connectivity index (χ1) is 14.3. The second-order valence-electron chi connectivity index (χ2n) is 6.38. The standard InChI is InChI=1S/C21H22N2O5S2/c1-4-23-17-11-10-15(20(25)28-5-2)13-18(17)29-21(23)22-19(24)14-8-7-9-16(12-14)30(26,27)6-3/h7-13H,4-6H2,1-3H3. The average molecular weight is 447 g/mol. The summed E-state index contributed by atoms with van der Waals surface area (Å²) >= 11 is 1.28. The molecule has 2 aromatic carbocycles. The molecule has 9 heteroatoms. The van der Waals surface area contributed by atoms with Crippen molar-refractivity contribution in [2.45, 2.75) is 32.2 Å². The highest BCUT2D eigenvalue weighted by Gasteiger charge is 2.15. The van der Waals surface area contributed by atoms with Gasteiger partial charge in [0, 0.05) is 12.1 Å². The minimum absolute atomic E-state index is 0.0449. The molecule has 3 rings (SSSR count). The van der Waals surface area contributed by atoms with Gasteiger partial charge in [0.25, 0.3) is 5.91 Å². The molecule has 0 saturated carbocycles. The molecule has 0 radical (unpaired) electrons. The quantitative estimate of drug-likeness (QED) is 0.541. The van der Waals surface area contributed by atoms with Crippen molar-refractivity contribution in [3.05, 3.63) is 58.4 Å².